The van der Waals surface area contributed by atoms with Gasteiger partial charge in [-0.25, -0.2) is 0 Å². The molecule has 3 aromatic rings. The first kappa shape index (κ1) is 12.7. The highest BCUT2D eigenvalue weighted by Crippen LogP contribution is 2.31. The van der Waals surface area contributed by atoms with Gasteiger partial charge in [-0.15, -0.1) is 11.3 Å². The summed E-state index contributed by atoms with van der Waals surface area (Å²) in [6, 6.07) is 6.30. The van der Waals surface area contributed by atoms with Gasteiger partial charge in [0, 0.05) is 27.4 Å². The van der Waals surface area contributed by atoms with E-state index in [0.717, 1.165) is 29.4 Å². The predicted molar refractivity (Wildman–Crippen MR) is 83.3 cm³/mol. The molecule has 0 spiro atoms. The fraction of sp³-hybridized carbons (Fsp3) is 0.312. The van der Waals surface area contributed by atoms with E-state index < -0.39 is 0 Å². The summed E-state index contributed by atoms with van der Waals surface area (Å²) in [5.41, 5.74) is 2.87. The van der Waals surface area contributed by atoms with E-state index >= 15 is 0 Å². The maximum atomic E-state index is 12.0. The second kappa shape index (κ2) is 4.77. The number of aromatic nitrogens is 3. The van der Waals surface area contributed by atoms with Crippen LogP contribution in [0, 0.1) is 12.8 Å². The van der Waals surface area contributed by atoms with Crippen molar-refractivity contribution in [1.82, 2.24) is 14.8 Å². The van der Waals surface area contributed by atoms with Gasteiger partial charge in [-0.3, -0.25) is 14.5 Å². The van der Waals surface area contributed by atoms with Gasteiger partial charge in [0.2, 0.25) is 0 Å². The highest BCUT2D eigenvalue weighted by Gasteiger charge is 2.29. The Kier molecular flexibility index (Phi) is 2.89. The minimum Gasteiger partial charge on any atom is -0.297 e. The van der Waals surface area contributed by atoms with Gasteiger partial charge >= 0.3 is 0 Å². The molecule has 0 saturated heterocycles. The first-order valence-electron chi connectivity index (χ1n) is 7.12. The number of rotatable bonds is 4. The van der Waals surface area contributed by atoms with Gasteiger partial charge < -0.3 is 0 Å². The monoisotopic (exact) mass is 297 g/mol. The Labute approximate surface area is 126 Å². The zero-order valence-electron chi connectivity index (χ0n) is 11.7. The second-order valence-electron chi connectivity index (χ2n) is 5.58. The number of thiophene rings is 1. The Bertz CT molecular complexity index is 829. The lowest BCUT2D eigenvalue weighted by Crippen LogP contribution is -2.12. The third-order valence-electron chi connectivity index (χ3n) is 3.86. The van der Waals surface area contributed by atoms with Gasteiger partial charge in [0.05, 0.1) is 11.7 Å². The van der Waals surface area contributed by atoms with Crippen LogP contribution in [0.15, 0.2) is 30.6 Å². The summed E-state index contributed by atoms with van der Waals surface area (Å²) in [4.78, 5) is 18.9. The van der Waals surface area contributed by atoms with Crippen LogP contribution in [0.25, 0.3) is 21.5 Å². The molecular weight excluding hydrogens is 282 g/mol. The molecule has 21 heavy (non-hydrogen) atoms. The minimum atomic E-state index is 0.264. The van der Waals surface area contributed by atoms with E-state index in [1.807, 2.05) is 6.20 Å². The Morgan fingerprint density at radius 3 is 2.95 bits per heavy atom. The fourth-order valence-electron chi connectivity index (χ4n) is 2.49. The zero-order chi connectivity index (χ0) is 14.4. The number of hydrogen-bond acceptors (Lipinski definition) is 4. The maximum Gasteiger partial charge on any atom is 0.157 e. The molecule has 1 saturated carbocycles. The van der Waals surface area contributed by atoms with E-state index in [9.17, 15) is 4.79 Å². The molecule has 0 radical (unpaired) electrons. The molecule has 0 bridgehead atoms. The molecule has 3 heterocycles. The van der Waals surface area contributed by atoms with Crippen molar-refractivity contribution in [2.75, 3.05) is 0 Å². The number of carbonyl (C=O) groups excluding carboxylic acids is 1. The first-order chi connectivity index (χ1) is 10.2. The lowest BCUT2D eigenvalue weighted by molar-refractivity contribution is -0.120. The fourth-order valence-corrected chi connectivity index (χ4v) is 3.34. The molecule has 4 nitrogen and oxygen atoms in total. The SMILES string of the molecule is Cc1ccc(-c2cnc3cnn(CC(=O)C4CC4)c3c2)s1. The number of nitrogens with zero attached hydrogens (tertiary/aromatic N) is 3. The summed E-state index contributed by atoms with van der Waals surface area (Å²) in [6.07, 6.45) is 5.69. The molecule has 106 valence electrons. The van der Waals surface area contributed by atoms with Gasteiger partial charge in [-0.05, 0) is 38.0 Å². The van der Waals surface area contributed by atoms with Crippen molar-refractivity contribution < 1.29 is 4.79 Å². The van der Waals surface area contributed by atoms with E-state index in [1.165, 1.54) is 9.75 Å². The Balaban J connectivity index is 1.73. The van der Waals surface area contributed by atoms with Gasteiger partial charge in [0.25, 0.3) is 0 Å². The normalized spacial score (nSPS) is 14.7. The number of carbonyl (C=O) groups is 1. The van der Waals surface area contributed by atoms with Crippen LogP contribution in [0.2, 0.25) is 0 Å². The predicted octanol–water partition coefficient (Wildman–Crippen LogP) is 3.45. The lowest BCUT2D eigenvalue weighted by Gasteiger charge is -2.03. The van der Waals surface area contributed by atoms with Crippen molar-refractivity contribution >= 4 is 28.2 Å². The highest BCUT2D eigenvalue weighted by atomic mass is 32.1. The average molecular weight is 297 g/mol. The third kappa shape index (κ3) is 2.38. The molecule has 0 amide bonds. The van der Waals surface area contributed by atoms with Gasteiger partial charge in [-0.2, -0.15) is 5.10 Å². The van der Waals surface area contributed by atoms with Crippen LogP contribution in [-0.4, -0.2) is 20.5 Å². The number of Topliss-reactive ketones (excluding diaryl/α,β-unsaturated/α-hetero) is 1. The van der Waals surface area contributed by atoms with Crippen molar-refractivity contribution in [2.24, 2.45) is 5.92 Å². The number of aryl methyl sites for hydroxylation is 1. The number of ketones is 1. The highest BCUT2D eigenvalue weighted by molar-refractivity contribution is 7.15. The lowest BCUT2D eigenvalue weighted by atomic mass is 10.2. The number of pyridine rings is 1. The largest absolute Gasteiger partial charge is 0.297 e. The summed E-state index contributed by atoms with van der Waals surface area (Å²) >= 11 is 1.75. The van der Waals surface area contributed by atoms with Crippen LogP contribution in [0.1, 0.15) is 17.7 Å². The second-order valence-corrected chi connectivity index (χ2v) is 6.87. The molecule has 1 aliphatic carbocycles. The number of fused-ring (bicyclic) bond motifs is 1. The molecule has 0 aromatic carbocycles. The first-order valence-corrected chi connectivity index (χ1v) is 7.93. The topological polar surface area (TPSA) is 47.8 Å². The van der Waals surface area contributed by atoms with Crippen LogP contribution >= 0.6 is 11.3 Å². The molecular formula is C16H15N3OS. The maximum absolute atomic E-state index is 12.0. The van der Waals surface area contributed by atoms with E-state index in [1.54, 1.807) is 22.2 Å². The van der Waals surface area contributed by atoms with E-state index in [2.05, 4.69) is 35.2 Å². The molecule has 0 aliphatic heterocycles. The van der Waals surface area contributed by atoms with Gasteiger partial charge in [-0.1, -0.05) is 0 Å². The van der Waals surface area contributed by atoms with Crippen LogP contribution in [0.4, 0.5) is 0 Å². The summed E-state index contributed by atoms with van der Waals surface area (Å²) in [5, 5.41) is 4.32. The molecule has 3 aromatic heterocycles. The molecule has 1 fully saturated rings. The van der Waals surface area contributed by atoms with Crippen LogP contribution in [0.5, 0.6) is 0 Å². The summed E-state index contributed by atoms with van der Waals surface area (Å²) < 4.78 is 1.78. The van der Waals surface area contributed by atoms with Crippen molar-refractivity contribution in [2.45, 2.75) is 26.3 Å². The smallest absolute Gasteiger partial charge is 0.157 e. The standard InChI is InChI=1S/C16H15N3OS/c1-10-2-5-16(21-10)12-6-14-13(17-7-12)8-18-19(14)9-15(20)11-3-4-11/h2,5-8,11H,3-4,9H2,1H3. The van der Waals surface area contributed by atoms with Crippen LogP contribution < -0.4 is 0 Å². The quantitative estimate of drug-likeness (QED) is 0.741. The molecule has 0 atom stereocenters. The summed E-state index contributed by atoms with van der Waals surface area (Å²) in [6.45, 7) is 2.46. The Hall–Kier alpha value is -2.01. The van der Waals surface area contributed by atoms with Crippen LogP contribution in [0.3, 0.4) is 0 Å². The summed E-state index contributed by atoms with van der Waals surface area (Å²) in [7, 11) is 0. The zero-order valence-corrected chi connectivity index (χ0v) is 12.6. The molecule has 0 N–H and O–H groups in total. The van der Waals surface area contributed by atoms with Crippen molar-refractivity contribution in [3.05, 3.63) is 35.5 Å². The van der Waals surface area contributed by atoms with E-state index in [4.69, 9.17) is 0 Å². The third-order valence-corrected chi connectivity index (χ3v) is 4.91. The van der Waals surface area contributed by atoms with Crippen molar-refractivity contribution in [1.29, 1.82) is 0 Å². The van der Waals surface area contributed by atoms with Gasteiger partial charge in [0.1, 0.15) is 12.1 Å². The summed E-state index contributed by atoms with van der Waals surface area (Å²) in [5.74, 6) is 0.553. The Morgan fingerprint density at radius 2 is 2.24 bits per heavy atom. The molecule has 4 rings (SSSR count). The average Bonchev–Trinajstić information content (AvgIpc) is 3.14. The van der Waals surface area contributed by atoms with Gasteiger partial charge in [0.15, 0.2) is 5.78 Å². The molecule has 0 unspecified atom stereocenters. The minimum absolute atomic E-state index is 0.264. The molecule has 5 heteroatoms. The Morgan fingerprint density at radius 1 is 1.38 bits per heavy atom. The van der Waals surface area contributed by atoms with E-state index in [-0.39, 0.29) is 11.7 Å². The molecule has 1 aliphatic rings. The number of hydrogen-bond donors (Lipinski definition) is 0. The van der Waals surface area contributed by atoms with Crippen LogP contribution in [-0.2, 0) is 11.3 Å². The van der Waals surface area contributed by atoms with Crippen molar-refractivity contribution in [3.63, 3.8) is 0 Å². The van der Waals surface area contributed by atoms with E-state index in [0.29, 0.717) is 6.54 Å². The van der Waals surface area contributed by atoms with Crippen molar-refractivity contribution in [3.8, 4) is 10.4 Å².